The van der Waals surface area contributed by atoms with E-state index in [2.05, 4.69) is 5.32 Å². The van der Waals surface area contributed by atoms with Crippen LogP contribution in [0.25, 0.3) is 0 Å². The van der Waals surface area contributed by atoms with E-state index in [-0.39, 0.29) is 60.7 Å². The summed E-state index contributed by atoms with van der Waals surface area (Å²) >= 11 is -3.00. The Morgan fingerprint density at radius 2 is 1.78 bits per heavy atom. The van der Waals surface area contributed by atoms with E-state index in [1.807, 2.05) is 30.3 Å². The van der Waals surface area contributed by atoms with Gasteiger partial charge in [-0.1, -0.05) is 42.5 Å². The molecule has 0 aromatic heterocycles. The number of ether oxygens (including phenoxy) is 5. The Morgan fingerprint density at radius 1 is 1.05 bits per heavy atom. The smallest absolute Gasteiger partial charge is 0.251 e. The van der Waals surface area contributed by atoms with Gasteiger partial charge in [-0.2, -0.15) is 0 Å². The molecule has 41 heavy (non-hydrogen) atoms. The van der Waals surface area contributed by atoms with Crippen molar-refractivity contribution in [2.45, 2.75) is 12.7 Å². The zero-order valence-electron chi connectivity index (χ0n) is 22.1. The van der Waals surface area contributed by atoms with Gasteiger partial charge in [-0.15, -0.1) is 0 Å². The highest BCUT2D eigenvalue weighted by Gasteiger charge is 2.31. The summed E-state index contributed by atoms with van der Waals surface area (Å²) in [4.78, 5) is 12.9. The second-order valence-electron chi connectivity index (χ2n) is 8.47. The fraction of sp³-hybridized carbons (Fsp3) is 0.250. The second-order valence-corrected chi connectivity index (χ2v) is 9.27. The first-order valence-corrected chi connectivity index (χ1v) is 13.6. The zero-order valence-corrected chi connectivity index (χ0v) is 22.9. The standard InChI is InChI=1S/C28H30N2O10S/c1-36-22-9-5-6-10-23(22)39-27-21(16-20(28(33)29-11-12-31)17-24(27)37-14-13-32)30(41(34)35)25-18-38-26(40-25)15-19-7-3-2-4-8-19/h2-10,16-18,26,31-32H,11-15H2,1H3,(H,29,33)(H,34,35)/p-1. The van der Waals surface area contributed by atoms with Gasteiger partial charge in [0.1, 0.15) is 18.6 Å². The van der Waals surface area contributed by atoms with Crippen LogP contribution in [0.5, 0.6) is 23.0 Å². The van der Waals surface area contributed by atoms with Crippen molar-refractivity contribution in [3.05, 3.63) is 90.0 Å². The highest BCUT2D eigenvalue weighted by molar-refractivity contribution is 7.80. The summed E-state index contributed by atoms with van der Waals surface area (Å²) in [6.45, 7) is -0.907. The summed E-state index contributed by atoms with van der Waals surface area (Å²) in [5.41, 5.74) is 0.748. The second kappa shape index (κ2) is 14.4. The molecular formula is C28H29N2O10S-. The Bertz CT molecular complexity index is 1390. The predicted molar refractivity (Wildman–Crippen MR) is 147 cm³/mol. The van der Waals surface area contributed by atoms with Crippen molar-refractivity contribution in [2.24, 2.45) is 0 Å². The van der Waals surface area contributed by atoms with Gasteiger partial charge < -0.3 is 43.8 Å². The average Bonchev–Trinajstić information content (AvgIpc) is 3.43. The molecule has 218 valence electrons. The summed E-state index contributed by atoms with van der Waals surface area (Å²) in [6, 6.07) is 18.6. The monoisotopic (exact) mass is 585 g/mol. The summed E-state index contributed by atoms with van der Waals surface area (Å²) in [6.07, 6.45) is 0.667. The maximum atomic E-state index is 12.9. The molecule has 2 atom stereocenters. The molecule has 3 N–H and O–H groups in total. The van der Waals surface area contributed by atoms with Crippen molar-refractivity contribution in [1.29, 1.82) is 0 Å². The topological polar surface area (TPSA) is 159 Å². The molecule has 0 fully saturated rings. The maximum Gasteiger partial charge on any atom is 0.251 e. The minimum atomic E-state index is -3.00. The number of methoxy groups -OCH3 is 1. The van der Waals surface area contributed by atoms with E-state index in [1.165, 1.54) is 19.2 Å². The maximum absolute atomic E-state index is 12.9. The molecule has 1 aliphatic rings. The molecule has 0 saturated carbocycles. The average molecular weight is 586 g/mol. The first kappa shape index (κ1) is 29.7. The number of hydrogen-bond acceptors (Lipinski definition) is 10. The van der Waals surface area contributed by atoms with Crippen LogP contribution < -0.4 is 23.8 Å². The van der Waals surface area contributed by atoms with Crippen LogP contribution >= 0.6 is 0 Å². The molecule has 4 rings (SSSR count). The number of para-hydroxylation sites is 2. The van der Waals surface area contributed by atoms with Crippen molar-refractivity contribution in [3.8, 4) is 23.0 Å². The SMILES string of the molecule is COc1ccccc1Oc1c(OCCO)cc(C(=O)NCCO)cc1N(C1=COC(Cc2ccccc2)O1)S(=O)[O-]. The molecule has 0 saturated heterocycles. The molecule has 13 heteroatoms. The number of benzene rings is 3. The number of nitrogens with one attached hydrogen (secondary N) is 1. The van der Waals surface area contributed by atoms with Crippen LogP contribution in [0.15, 0.2) is 78.9 Å². The number of carbonyl (C=O) groups is 1. The number of anilines is 1. The Balaban J connectivity index is 1.79. The molecule has 3 aromatic carbocycles. The van der Waals surface area contributed by atoms with Crippen LogP contribution in [0, 0.1) is 0 Å². The number of carbonyl (C=O) groups excluding carboxylic acids is 1. The lowest BCUT2D eigenvalue weighted by molar-refractivity contribution is -0.0298. The lowest BCUT2D eigenvalue weighted by Gasteiger charge is -2.29. The number of aliphatic hydroxyl groups is 2. The third-order valence-electron chi connectivity index (χ3n) is 5.71. The van der Waals surface area contributed by atoms with Crippen molar-refractivity contribution >= 4 is 22.9 Å². The Labute approximate surface area is 239 Å². The first-order valence-electron chi connectivity index (χ1n) is 12.5. The number of rotatable bonds is 14. The van der Waals surface area contributed by atoms with Crippen LogP contribution in [0.2, 0.25) is 0 Å². The molecular weight excluding hydrogens is 556 g/mol. The summed E-state index contributed by atoms with van der Waals surface area (Å²) < 4.78 is 54.9. The fourth-order valence-corrected chi connectivity index (χ4v) is 4.44. The highest BCUT2D eigenvalue weighted by Crippen LogP contribution is 2.46. The van der Waals surface area contributed by atoms with Gasteiger partial charge in [-0.05, 0) is 29.8 Å². The molecule has 1 aliphatic heterocycles. The van der Waals surface area contributed by atoms with E-state index in [0.29, 0.717) is 12.2 Å². The predicted octanol–water partition coefficient (Wildman–Crippen LogP) is 2.60. The van der Waals surface area contributed by atoms with Crippen molar-refractivity contribution in [2.75, 3.05) is 37.8 Å². The Kier molecular flexibility index (Phi) is 10.4. The van der Waals surface area contributed by atoms with Gasteiger partial charge in [-0.3, -0.25) is 9.00 Å². The molecule has 0 bridgehead atoms. The molecule has 1 amide bonds. The lowest BCUT2D eigenvalue weighted by atomic mass is 10.1. The third-order valence-corrected chi connectivity index (χ3v) is 6.39. The van der Waals surface area contributed by atoms with Crippen molar-refractivity contribution in [1.82, 2.24) is 5.32 Å². The van der Waals surface area contributed by atoms with E-state index in [9.17, 15) is 18.7 Å². The third kappa shape index (κ3) is 7.46. The van der Waals surface area contributed by atoms with E-state index in [0.717, 1.165) is 16.1 Å². The molecule has 2 unspecified atom stereocenters. The molecule has 1 heterocycles. The van der Waals surface area contributed by atoms with E-state index < -0.39 is 23.5 Å². The fourth-order valence-electron chi connectivity index (χ4n) is 3.91. The summed E-state index contributed by atoms with van der Waals surface area (Å²) in [5.74, 6) is -0.402. The van der Waals surface area contributed by atoms with Crippen LogP contribution in [0.3, 0.4) is 0 Å². The number of nitrogens with zero attached hydrogens (tertiary/aromatic N) is 1. The van der Waals surface area contributed by atoms with Gasteiger partial charge in [-0.25, -0.2) is 4.31 Å². The normalized spacial score (nSPS) is 14.7. The Hall–Kier alpha value is -4.30. The zero-order chi connectivity index (χ0) is 29.2. The van der Waals surface area contributed by atoms with E-state index >= 15 is 0 Å². The Morgan fingerprint density at radius 3 is 2.46 bits per heavy atom. The molecule has 12 nitrogen and oxygen atoms in total. The first-order chi connectivity index (χ1) is 19.9. The minimum Gasteiger partial charge on any atom is -0.755 e. The number of hydrogen-bond donors (Lipinski definition) is 3. The largest absolute Gasteiger partial charge is 0.755 e. The van der Waals surface area contributed by atoms with Crippen molar-refractivity contribution in [3.63, 3.8) is 0 Å². The highest BCUT2D eigenvalue weighted by atomic mass is 32.2. The molecule has 0 radical (unpaired) electrons. The minimum absolute atomic E-state index is 0.00966. The molecule has 3 aromatic rings. The number of aliphatic hydroxyl groups excluding tert-OH is 2. The summed E-state index contributed by atoms with van der Waals surface area (Å²) in [5, 5.41) is 21.1. The van der Waals surface area contributed by atoms with Gasteiger partial charge in [0.05, 0.1) is 31.6 Å². The summed E-state index contributed by atoms with van der Waals surface area (Å²) in [7, 11) is 1.45. The van der Waals surface area contributed by atoms with E-state index in [1.54, 1.807) is 24.3 Å². The van der Waals surface area contributed by atoms with Crippen LogP contribution in [-0.2, 0) is 27.2 Å². The van der Waals surface area contributed by atoms with Crippen molar-refractivity contribution < 1.29 is 47.5 Å². The van der Waals surface area contributed by atoms with Gasteiger partial charge in [0, 0.05) is 18.5 Å². The van der Waals surface area contributed by atoms with E-state index in [4.69, 9.17) is 28.8 Å². The van der Waals surface area contributed by atoms with Gasteiger partial charge in [0.2, 0.25) is 12.2 Å². The number of amides is 1. The van der Waals surface area contributed by atoms with Gasteiger partial charge >= 0.3 is 0 Å². The quantitative estimate of drug-likeness (QED) is 0.240. The van der Waals surface area contributed by atoms with Gasteiger partial charge in [0.15, 0.2) is 23.0 Å². The van der Waals surface area contributed by atoms with Gasteiger partial charge in [0.25, 0.3) is 5.91 Å². The van der Waals surface area contributed by atoms with Crippen LogP contribution in [0.1, 0.15) is 15.9 Å². The molecule has 0 aliphatic carbocycles. The van der Waals surface area contributed by atoms with Crippen LogP contribution in [0.4, 0.5) is 5.69 Å². The van der Waals surface area contributed by atoms with Crippen LogP contribution in [-0.4, -0.2) is 64.6 Å². The lowest BCUT2D eigenvalue weighted by Crippen LogP contribution is -2.29. The molecule has 0 spiro atoms.